The van der Waals surface area contributed by atoms with Gasteiger partial charge in [-0.25, -0.2) is 4.79 Å². The molecule has 1 heterocycles. The van der Waals surface area contributed by atoms with Gasteiger partial charge in [-0.15, -0.1) is 0 Å². The van der Waals surface area contributed by atoms with Gasteiger partial charge in [0.1, 0.15) is 0 Å². The number of aromatic carboxylic acids is 1. The van der Waals surface area contributed by atoms with Gasteiger partial charge in [0.15, 0.2) is 0 Å². The first-order chi connectivity index (χ1) is 10.3. The third kappa shape index (κ3) is 3.59. The smallest absolute Gasteiger partial charge is 0.335 e. The first-order valence-electron chi connectivity index (χ1n) is 6.69. The normalized spacial score (nSPS) is 20.6. The van der Waals surface area contributed by atoms with Crippen LogP contribution in [0.1, 0.15) is 34.1 Å². The second-order valence-electron chi connectivity index (χ2n) is 5.63. The van der Waals surface area contributed by atoms with Gasteiger partial charge in [-0.05, 0) is 12.5 Å². The highest BCUT2D eigenvalue weighted by molar-refractivity contribution is 5.98. The molecule has 1 aliphatic heterocycles. The van der Waals surface area contributed by atoms with E-state index in [2.05, 4.69) is 5.32 Å². The molecule has 1 atom stereocenters. The highest BCUT2D eigenvalue weighted by Gasteiger charge is 2.30. The number of nitrogens with one attached hydrogen (secondary N) is 1. The molecule has 0 radical (unpaired) electrons. The number of rotatable bonds is 5. The predicted octanol–water partition coefficient (Wildman–Crippen LogP) is 1.45. The number of nitro benzene ring substituents is 1. The first-order valence-corrected chi connectivity index (χ1v) is 6.69. The molecule has 0 spiro atoms. The zero-order chi connectivity index (χ0) is 16.3. The second kappa shape index (κ2) is 6.10. The standard InChI is InChI=1S/C14H16N2O6/c1-14(2-3-22-8-14)7-15-12(17)9-4-10(13(18)19)6-11(5-9)16(20)21/h4-6H,2-3,7-8H2,1H3,(H,15,17)(H,18,19). The number of hydrogen-bond donors (Lipinski definition) is 2. The summed E-state index contributed by atoms with van der Waals surface area (Å²) in [5.41, 5.74) is -0.948. The molecule has 118 valence electrons. The van der Waals surface area contributed by atoms with Crippen molar-refractivity contribution < 1.29 is 24.4 Å². The Kier molecular flexibility index (Phi) is 4.41. The first kappa shape index (κ1) is 15.9. The summed E-state index contributed by atoms with van der Waals surface area (Å²) in [5, 5.41) is 22.5. The van der Waals surface area contributed by atoms with Gasteiger partial charge in [0.05, 0.1) is 17.1 Å². The van der Waals surface area contributed by atoms with Crippen LogP contribution in [0, 0.1) is 15.5 Å². The van der Waals surface area contributed by atoms with Crippen LogP contribution in [-0.4, -0.2) is 41.7 Å². The SMILES string of the molecule is CC1(CNC(=O)c2cc(C(=O)O)cc([N+](=O)[O-])c2)CCOC1. The number of ether oxygens (including phenoxy) is 1. The summed E-state index contributed by atoms with van der Waals surface area (Å²) in [6, 6.07) is 3.11. The van der Waals surface area contributed by atoms with Crippen molar-refractivity contribution in [2.24, 2.45) is 5.41 Å². The van der Waals surface area contributed by atoms with Crippen LogP contribution in [0.25, 0.3) is 0 Å². The van der Waals surface area contributed by atoms with Crippen molar-refractivity contribution in [3.05, 3.63) is 39.4 Å². The zero-order valence-corrected chi connectivity index (χ0v) is 12.0. The minimum atomic E-state index is -1.33. The van der Waals surface area contributed by atoms with Crippen molar-refractivity contribution in [1.29, 1.82) is 0 Å². The molecular weight excluding hydrogens is 292 g/mol. The van der Waals surface area contributed by atoms with Crippen LogP contribution in [0.4, 0.5) is 5.69 Å². The van der Waals surface area contributed by atoms with Gasteiger partial charge in [-0.2, -0.15) is 0 Å². The molecule has 0 bridgehead atoms. The lowest BCUT2D eigenvalue weighted by atomic mass is 9.90. The van der Waals surface area contributed by atoms with E-state index in [1.807, 2.05) is 6.92 Å². The molecule has 1 unspecified atom stereocenters. The number of carbonyl (C=O) groups excluding carboxylic acids is 1. The predicted molar refractivity (Wildman–Crippen MR) is 75.9 cm³/mol. The zero-order valence-electron chi connectivity index (χ0n) is 12.0. The number of carbonyl (C=O) groups is 2. The molecule has 1 aliphatic rings. The van der Waals surface area contributed by atoms with Crippen LogP contribution in [0.3, 0.4) is 0 Å². The summed E-state index contributed by atoms with van der Waals surface area (Å²) >= 11 is 0. The lowest BCUT2D eigenvalue weighted by Crippen LogP contribution is -2.36. The Hall–Kier alpha value is -2.48. The third-order valence-corrected chi connectivity index (χ3v) is 3.61. The van der Waals surface area contributed by atoms with E-state index in [-0.39, 0.29) is 16.5 Å². The summed E-state index contributed by atoms with van der Waals surface area (Å²) in [7, 11) is 0. The molecule has 0 saturated carbocycles. The Morgan fingerprint density at radius 3 is 2.64 bits per heavy atom. The van der Waals surface area contributed by atoms with E-state index in [9.17, 15) is 19.7 Å². The second-order valence-corrected chi connectivity index (χ2v) is 5.63. The minimum absolute atomic E-state index is 0.0471. The van der Waals surface area contributed by atoms with Crippen molar-refractivity contribution in [1.82, 2.24) is 5.32 Å². The van der Waals surface area contributed by atoms with E-state index in [0.717, 1.165) is 24.6 Å². The van der Waals surface area contributed by atoms with Crippen LogP contribution < -0.4 is 5.32 Å². The van der Waals surface area contributed by atoms with Crippen LogP contribution in [0.5, 0.6) is 0 Å². The van der Waals surface area contributed by atoms with E-state index < -0.39 is 22.5 Å². The average molecular weight is 308 g/mol. The van der Waals surface area contributed by atoms with Gasteiger partial charge in [0, 0.05) is 36.3 Å². The van der Waals surface area contributed by atoms with Gasteiger partial charge >= 0.3 is 5.97 Å². The summed E-state index contributed by atoms with van der Waals surface area (Å²) < 4.78 is 5.28. The lowest BCUT2D eigenvalue weighted by molar-refractivity contribution is -0.384. The number of nitro groups is 1. The molecule has 0 aromatic heterocycles. The van der Waals surface area contributed by atoms with E-state index in [0.29, 0.717) is 19.8 Å². The fourth-order valence-corrected chi connectivity index (χ4v) is 2.22. The summed E-state index contributed by atoms with van der Waals surface area (Å²) in [6.07, 6.45) is 0.808. The number of benzene rings is 1. The maximum absolute atomic E-state index is 12.1. The Labute approximate surface area is 126 Å². The van der Waals surface area contributed by atoms with Crippen molar-refractivity contribution in [3.63, 3.8) is 0 Å². The molecule has 1 aromatic rings. The molecule has 8 heteroatoms. The van der Waals surface area contributed by atoms with Crippen molar-refractivity contribution in [2.75, 3.05) is 19.8 Å². The quantitative estimate of drug-likeness (QED) is 0.627. The Bertz CT molecular complexity index is 590. The molecule has 1 saturated heterocycles. The highest BCUT2D eigenvalue weighted by Crippen LogP contribution is 2.26. The molecule has 0 aliphatic carbocycles. The Morgan fingerprint density at radius 1 is 1.41 bits per heavy atom. The maximum Gasteiger partial charge on any atom is 0.335 e. The van der Waals surface area contributed by atoms with Crippen LogP contribution in [-0.2, 0) is 4.74 Å². The number of nitrogens with zero attached hydrogens (tertiary/aromatic N) is 1. The fourth-order valence-electron chi connectivity index (χ4n) is 2.22. The van der Waals surface area contributed by atoms with Crippen molar-refractivity contribution >= 4 is 17.6 Å². The largest absolute Gasteiger partial charge is 0.478 e. The Balaban J connectivity index is 2.17. The molecule has 1 fully saturated rings. The maximum atomic E-state index is 12.1. The summed E-state index contributed by atoms with van der Waals surface area (Å²) in [4.78, 5) is 33.2. The molecule has 2 rings (SSSR count). The minimum Gasteiger partial charge on any atom is -0.478 e. The average Bonchev–Trinajstić information content (AvgIpc) is 2.91. The third-order valence-electron chi connectivity index (χ3n) is 3.61. The van der Waals surface area contributed by atoms with Gasteiger partial charge in [-0.3, -0.25) is 14.9 Å². The number of non-ortho nitro benzene ring substituents is 1. The molecule has 8 nitrogen and oxygen atoms in total. The van der Waals surface area contributed by atoms with E-state index in [1.54, 1.807) is 0 Å². The summed E-state index contributed by atoms with van der Waals surface area (Å²) in [6.45, 7) is 3.49. The molecular formula is C14H16N2O6. The van der Waals surface area contributed by atoms with Gasteiger partial charge < -0.3 is 15.2 Å². The van der Waals surface area contributed by atoms with Gasteiger partial charge in [0.25, 0.3) is 11.6 Å². The number of hydrogen-bond acceptors (Lipinski definition) is 5. The fraction of sp³-hybridized carbons (Fsp3) is 0.429. The Morgan fingerprint density at radius 2 is 2.09 bits per heavy atom. The molecule has 1 aromatic carbocycles. The summed E-state index contributed by atoms with van der Waals surface area (Å²) in [5.74, 6) is -1.87. The van der Waals surface area contributed by atoms with Gasteiger partial charge in [0.2, 0.25) is 0 Å². The van der Waals surface area contributed by atoms with Crippen LogP contribution in [0.15, 0.2) is 18.2 Å². The lowest BCUT2D eigenvalue weighted by Gasteiger charge is -2.21. The van der Waals surface area contributed by atoms with Crippen LogP contribution >= 0.6 is 0 Å². The number of carboxylic acids is 1. The van der Waals surface area contributed by atoms with Crippen LogP contribution in [0.2, 0.25) is 0 Å². The van der Waals surface area contributed by atoms with E-state index in [1.165, 1.54) is 0 Å². The van der Waals surface area contributed by atoms with E-state index in [4.69, 9.17) is 9.84 Å². The van der Waals surface area contributed by atoms with E-state index >= 15 is 0 Å². The number of carboxylic acid groups (broad SMARTS) is 1. The van der Waals surface area contributed by atoms with Crippen molar-refractivity contribution in [3.8, 4) is 0 Å². The number of amides is 1. The van der Waals surface area contributed by atoms with Gasteiger partial charge in [-0.1, -0.05) is 6.92 Å². The highest BCUT2D eigenvalue weighted by atomic mass is 16.6. The topological polar surface area (TPSA) is 119 Å². The van der Waals surface area contributed by atoms with Crippen molar-refractivity contribution in [2.45, 2.75) is 13.3 Å². The monoisotopic (exact) mass is 308 g/mol. The molecule has 22 heavy (non-hydrogen) atoms. The molecule has 2 N–H and O–H groups in total. The molecule has 1 amide bonds.